The molecule has 5 rings (SSSR count). The number of dihydropyridines is 1. The van der Waals surface area contributed by atoms with E-state index >= 15 is 0 Å². The summed E-state index contributed by atoms with van der Waals surface area (Å²) in [6, 6.07) is 25.5. The quantitative estimate of drug-likeness (QED) is 0.355. The highest BCUT2D eigenvalue weighted by molar-refractivity contribution is 6.04. The molecule has 0 fully saturated rings. The lowest BCUT2D eigenvalue weighted by Crippen LogP contribution is -2.36. The van der Waals surface area contributed by atoms with Crippen molar-refractivity contribution in [2.45, 2.75) is 45.1 Å². The van der Waals surface area contributed by atoms with E-state index in [9.17, 15) is 9.59 Å². The van der Waals surface area contributed by atoms with E-state index in [-0.39, 0.29) is 18.3 Å². The van der Waals surface area contributed by atoms with Crippen LogP contribution in [0.5, 0.6) is 11.5 Å². The van der Waals surface area contributed by atoms with Crippen molar-refractivity contribution in [3.05, 3.63) is 118 Å². The van der Waals surface area contributed by atoms with Crippen molar-refractivity contribution < 1.29 is 23.8 Å². The lowest BCUT2D eigenvalue weighted by Gasteiger charge is -2.36. The fourth-order valence-electron chi connectivity index (χ4n) is 5.46. The molecule has 0 radical (unpaired) electrons. The summed E-state index contributed by atoms with van der Waals surface area (Å²) in [5.74, 6) is 0.667. The van der Waals surface area contributed by atoms with E-state index in [4.69, 9.17) is 14.2 Å². The SMILES string of the molecule is CCOC(=O)C1=C(C)NC2=C(C(=O)C[C@H](c3ccc(OC)cc3)C2)[C@H]1c1ccc(OCc2ccccc2)cc1. The van der Waals surface area contributed by atoms with Gasteiger partial charge < -0.3 is 19.5 Å². The van der Waals surface area contributed by atoms with Crippen molar-refractivity contribution in [1.82, 2.24) is 5.32 Å². The van der Waals surface area contributed by atoms with Gasteiger partial charge in [0.1, 0.15) is 18.1 Å². The maximum absolute atomic E-state index is 13.8. The maximum atomic E-state index is 13.8. The summed E-state index contributed by atoms with van der Waals surface area (Å²) in [6.07, 6.45) is 1.05. The molecule has 0 amide bonds. The molecule has 1 aliphatic carbocycles. The van der Waals surface area contributed by atoms with E-state index in [1.807, 2.05) is 85.8 Å². The fourth-order valence-corrected chi connectivity index (χ4v) is 5.46. The molecular weight excluding hydrogens is 490 g/mol. The minimum Gasteiger partial charge on any atom is -0.497 e. The Morgan fingerprint density at radius 2 is 1.56 bits per heavy atom. The number of Topliss-reactive ketones (excluding diaryl/α,β-unsaturated/α-hetero) is 1. The molecule has 39 heavy (non-hydrogen) atoms. The van der Waals surface area contributed by atoms with E-state index in [1.54, 1.807) is 14.0 Å². The average molecular weight is 524 g/mol. The highest BCUT2D eigenvalue weighted by Crippen LogP contribution is 2.46. The third kappa shape index (κ3) is 5.60. The molecule has 6 heteroatoms. The fraction of sp³-hybridized carbons (Fsp3) is 0.273. The first kappa shape index (κ1) is 26.3. The second kappa shape index (κ2) is 11.6. The first-order valence-electron chi connectivity index (χ1n) is 13.3. The number of rotatable bonds is 8. The molecule has 3 aromatic carbocycles. The Hall–Kier alpha value is -4.32. The van der Waals surface area contributed by atoms with Crippen molar-refractivity contribution in [2.24, 2.45) is 0 Å². The molecule has 0 spiro atoms. The van der Waals surface area contributed by atoms with Crippen LogP contribution >= 0.6 is 0 Å². The summed E-state index contributed by atoms with van der Waals surface area (Å²) >= 11 is 0. The number of benzene rings is 3. The van der Waals surface area contributed by atoms with Crippen LogP contribution in [0.25, 0.3) is 0 Å². The average Bonchev–Trinajstić information content (AvgIpc) is 2.96. The van der Waals surface area contributed by atoms with Crippen LogP contribution in [-0.2, 0) is 20.9 Å². The minimum absolute atomic E-state index is 0.0354. The molecule has 200 valence electrons. The van der Waals surface area contributed by atoms with E-state index < -0.39 is 11.9 Å². The topological polar surface area (TPSA) is 73.9 Å². The van der Waals surface area contributed by atoms with Crippen molar-refractivity contribution in [3.63, 3.8) is 0 Å². The van der Waals surface area contributed by atoms with Crippen molar-refractivity contribution in [3.8, 4) is 11.5 Å². The molecule has 1 aliphatic heterocycles. The number of ketones is 1. The molecule has 0 saturated carbocycles. The normalized spacial score (nSPS) is 18.8. The van der Waals surface area contributed by atoms with E-state index in [2.05, 4.69) is 5.32 Å². The summed E-state index contributed by atoms with van der Waals surface area (Å²) < 4.78 is 16.7. The molecule has 1 N–H and O–H groups in total. The Morgan fingerprint density at radius 3 is 2.23 bits per heavy atom. The Bertz CT molecular complexity index is 1400. The van der Waals surface area contributed by atoms with E-state index in [0.29, 0.717) is 36.3 Å². The Kier molecular flexibility index (Phi) is 7.82. The van der Waals surface area contributed by atoms with Gasteiger partial charge in [-0.1, -0.05) is 54.6 Å². The minimum atomic E-state index is -0.507. The summed E-state index contributed by atoms with van der Waals surface area (Å²) in [6.45, 7) is 4.38. The second-order valence-electron chi connectivity index (χ2n) is 9.85. The number of esters is 1. The molecular formula is C33H33NO5. The number of ether oxygens (including phenoxy) is 3. The van der Waals surface area contributed by atoms with Gasteiger partial charge in [0.25, 0.3) is 0 Å². The van der Waals surface area contributed by atoms with Crippen molar-refractivity contribution >= 4 is 11.8 Å². The zero-order valence-electron chi connectivity index (χ0n) is 22.5. The standard InChI is InChI=1S/C33H33NO5/c1-4-38-33(36)30-21(2)34-28-18-25(23-10-14-26(37-3)15-11-23)19-29(35)32(28)31(30)24-12-16-27(17-13-24)39-20-22-8-6-5-7-9-22/h5-17,25,31,34H,4,18-20H2,1-3H3/t25-,31+/m1/s1. The summed E-state index contributed by atoms with van der Waals surface area (Å²) in [7, 11) is 1.64. The first-order valence-corrected chi connectivity index (χ1v) is 13.3. The van der Waals surface area contributed by atoms with Crippen LogP contribution in [0.2, 0.25) is 0 Å². The van der Waals surface area contributed by atoms with Crippen LogP contribution in [0.4, 0.5) is 0 Å². The third-order valence-electron chi connectivity index (χ3n) is 7.37. The predicted molar refractivity (Wildman–Crippen MR) is 149 cm³/mol. The van der Waals surface area contributed by atoms with E-state index in [1.165, 1.54) is 0 Å². The lowest BCUT2D eigenvalue weighted by molar-refractivity contribution is -0.138. The highest BCUT2D eigenvalue weighted by Gasteiger charge is 2.41. The third-order valence-corrected chi connectivity index (χ3v) is 7.37. The smallest absolute Gasteiger partial charge is 0.336 e. The lowest BCUT2D eigenvalue weighted by atomic mass is 9.71. The molecule has 1 heterocycles. The predicted octanol–water partition coefficient (Wildman–Crippen LogP) is 6.20. The number of carbonyl (C=O) groups is 2. The summed E-state index contributed by atoms with van der Waals surface area (Å²) in [5, 5.41) is 3.40. The summed E-state index contributed by atoms with van der Waals surface area (Å²) in [5.41, 5.74) is 5.73. The number of carbonyl (C=O) groups excluding carboxylic acids is 2. The largest absolute Gasteiger partial charge is 0.497 e. The van der Waals surface area contributed by atoms with Gasteiger partial charge in [-0.2, -0.15) is 0 Å². The monoisotopic (exact) mass is 523 g/mol. The van der Waals surface area contributed by atoms with Crippen LogP contribution in [0, 0.1) is 0 Å². The van der Waals surface area contributed by atoms with Gasteiger partial charge >= 0.3 is 5.97 Å². The van der Waals surface area contributed by atoms with Crippen molar-refractivity contribution in [2.75, 3.05) is 13.7 Å². The Balaban J connectivity index is 1.46. The molecule has 0 unspecified atom stereocenters. The van der Waals surface area contributed by atoms with Crippen LogP contribution < -0.4 is 14.8 Å². The Morgan fingerprint density at radius 1 is 0.897 bits per heavy atom. The molecule has 3 aromatic rings. The first-order chi connectivity index (χ1) is 19.0. The molecule has 6 nitrogen and oxygen atoms in total. The zero-order valence-corrected chi connectivity index (χ0v) is 22.5. The molecule has 0 saturated heterocycles. The number of allylic oxidation sites excluding steroid dienone is 3. The molecule has 0 aromatic heterocycles. The van der Waals surface area contributed by atoms with Gasteiger partial charge in [0.05, 0.1) is 19.3 Å². The Labute approximate surface area is 229 Å². The molecule has 0 bridgehead atoms. The second-order valence-corrected chi connectivity index (χ2v) is 9.85. The van der Waals surface area contributed by atoms with Crippen LogP contribution in [0.15, 0.2) is 101 Å². The van der Waals surface area contributed by atoms with Gasteiger partial charge in [-0.15, -0.1) is 0 Å². The number of nitrogens with one attached hydrogen (secondary N) is 1. The number of methoxy groups -OCH3 is 1. The number of hydrogen-bond donors (Lipinski definition) is 1. The van der Waals surface area contributed by atoms with Gasteiger partial charge in [-0.25, -0.2) is 4.79 Å². The molecule has 2 atom stereocenters. The van der Waals surface area contributed by atoms with Crippen molar-refractivity contribution in [1.29, 1.82) is 0 Å². The van der Waals surface area contributed by atoms with Gasteiger partial charge in [0, 0.05) is 29.3 Å². The summed E-state index contributed by atoms with van der Waals surface area (Å²) in [4.78, 5) is 26.9. The highest BCUT2D eigenvalue weighted by atomic mass is 16.5. The van der Waals surface area contributed by atoms with Gasteiger partial charge in [-0.3, -0.25) is 4.79 Å². The number of hydrogen-bond acceptors (Lipinski definition) is 6. The van der Waals surface area contributed by atoms with Crippen LogP contribution in [-0.4, -0.2) is 25.5 Å². The van der Waals surface area contributed by atoms with Gasteiger partial charge in [0.2, 0.25) is 0 Å². The van der Waals surface area contributed by atoms with Crippen LogP contribution in [0.1, 0.15) is 55.2 Å². The maximum Gasteiger partial charge on any atom is 0.336 e. The van der Waals surface area contributed by atoms with Gasteiger partial charge in [0.15, 0.2) is 5.78 Å². The van der Waals surface area contributed by atoms with Gasteiger partial charge in [-0.05, 0) is 67.1 Å². The molecule has 2 aliphatic rings. The van der Waals surface area contributed by atoms with Crippen LogP contribution in [0.3, 0.4) is 0 Å². The van der Waals surface area contributed by atoms with E-state index in [0.717, 1.165) is 33.9 Å². The zero-order chi connectivity index (χ0) is 27.4.